The molecule has 2 amide bonds. The zero-order valence-corrected chi connectivity index (χ0v) is 17.2. The molecule has 1 aliphatic rings. The predicted octanol–water partition coefficient (Wildman–Crippen LogP) is 5.01. The third-order valence-electron chi connectivity index (χ3n) is 5.89. The average Bonchev–Trinajstić information content (AvgIpc) is 3.07. The van der Waals surface area contributed by atoms with E-state index < -0.39 is 0 Å². The lowest BCUT2D eigenvalue weighted by Gasteiger charge is -2.24. The molecule has 0 fully saturated rings. The first-order chi connectivity index (χ1) is 15.1. The fourth-order valence-corrected chi connectivity index (χ4v) is 4.38. The van der Waals surface area contributed by atoms with E-state index in [0.717, 1.165) is 33.2 Å². The molecular formula is C27H22N2O2. The van der Waals surface area contributed by atoms with Crippen LogP contribution < -0.4 is 10.2 Å². The van der Waals surface area contributed by atoms with E-state index in [1.54, 1.807) is 4.90 Å². The Kier molecular flexibility index (Phi) is 4.75. The van der Waals surface area contributed by atoms with E-state index >= 15 is 0 Å². The largest absolute Gasteiger partial charge is 0.344 e. The Morgan fingerprint density at radius 3 is 2.35 bits per heavy atom. The lowest BCUT2D eigenvalue weighted by Crippen LogP contribution is -2.40. The van der Waals surface area contributed by atoms with Crippen LogP contribution in [0.3, 0.4) is 0 Å². The predicted molar refractivity (Wildman–Crippen MR) is 123 cm³/mol. The summed E-state index contributed by atoms with van der Waals surface area (Å²) in [7, 11) is 0. The number of aryl methyl sites for hydroxylation is 1. The van der Waals surface area contributed by atoms with Gasteiger partial charge in [0.2, 0.25) is 5.91 Å². The first-order valence-corrected chi connectivity index (χ1v) is 10.4. The van der Waals surface area contributed by atoms with Gasteiger partial charge in [-0.2, -0.15) is 0 Å². The SMILES string of the molecule is Cc1ccccc1[C@@H](NC(=O)CN1C(=O)c2cccc3cccc1c23)c1ccccc1. The quantitative estimate of drug-likeness (QED) is 0.506. The average molecular weight is 406 g/mol. The molecule has 0 unspecified atom stereocenters. The van der Waals surface area contributed by atoms with Gasteiger partial charge in [-0.1, -0.05) is 78.9 Å². The van der Waals surface area contributed by atoms with Crippen LogP contribution in [-0.4, -0.2) is 18.4 Å². The van der Waals surface area contributed by atoms with E-state index in [1.165, 1.54) is 0 Å². The smallest absolute Gasteiger partial charge is 0.259 e. The number of anilines is 1. The van der Waals surface area contributed by atoms with E-state index in [-0.39, 0.29) is 24.4 Å². The zero-order chi connectivity index (χ0) is 21.4. The molecule has 0 aromatic heterocycles. The number of amides is 2. The first-order valence-electron chi connectivity index (χ1n) is 10.4. The Morgan fingerprint density at radius 2 is 1.58 bits per heavy atom. The molecule has 0 radical (unpaired) electrons. The van der Waals surface area contributed by atoms with Gasteiger partial charge < -0.3 is 5.32 Å². The van der Waals surface area contributed by atoms with Crippen LogP contribution in [0.1, 0.15) is 33.1 Å². The van der Waals surface area contributed by atoms with Gasteiger partial charge in [0.15, 0.2) is 0 Å². The van der Waals surface area contributed by atoms with Crippen LogP contribution in [0, 0.1) is 6.92 Å². The lowest BCUT2D eigenvalue weighted by atomic mass is 9.95. The molecule has 1 aliphatic heterocycles. The lowest BCUT2D eigenvalue weighted by molar-refractivity contribution is -0.120. The van der Waals surface area contributed by atoms with Crippen molar-refractivity contribution in [3.63, 3.8) is 0 Å². The molecule has 1 atom stereocenters. The molecule has 152 valence electrons. The molecule has 0 saturated carbocycles. The molecule has 0 spiro atoms. The first kappa shape index (κ1) is 19.1. The van der Waals surface area contributed by atoms with Crippen molar-refractivity contribution >= 4 is 28.3 Å². The highest BCUT2D eigenvalue weighted by molar-refractivity contribution is 6.26. The summed E-state index contributed by atoms with van der Waals surface area (Å²) in [6.45, 7) is 2.01. The maximum Gasteiger partial charge on any atom is 0.259 e. The van der Waals surface area contributed by atoms with E-state index in [1.807, 2.05) is 97.9 Å². The van der Waals surface area contributed by atoms with Crippen molar-refractivity contribution in [2.24, 2.45) is 0 Å². The highest BCUT2D eigenvalue weighted by Gasteiger charge is 2.31. The minimum atomic E-state index is -0.286. The van der Waals surface area contributed by atoms with Gasteiger partial charge in [-0.3, -0.25) is 14.5 Å². The van der Waals surface area contributed by atoms with Crippen molar-refractivity contribution in [3.8, 4) is 0 Å². The number of nitrogens with one attached hydrogen (secondary N) is 1. The van der Waals surface area contributed by atoms with E-state index in [4.69, 9.17) is 0 Å². The van der Waals surface area contributed by atoms with Gasteiger partial charge in [0.05, 0.1) is 11.7 Å². The molecule has 0 aliphatic carbocycles. The van der Waals surface area contributed by atoms with Gasteiger partial charge in [-0.05, 0) is 41.1 Å². The summed E-state index contributed by atoms with van der Waals surface area (Å²) in [6.07, 6.45) is 0. The van der Waals surface area contributed by atoms with Gasteiger partial charge >= 0.3 is 0 Å². The molecular weight excluding hydrogens is 384 g/mol. The standard InChI is InChI=1S/C27H22N2O2/c1-18-9-5-6-14-21(18)26(20-10-3-2-4-11-20)28-24(30)17-29-23-16-8-13-19-12-7-15-22(25(19)23)27(29)31/h2-16,26H,17H2,1H3,(H,28,30)/t26-/m0/s1. The number of carbonyl (C=O) groups excluding carboxylic acids is 2. The summed E-state index contributed by atoms with van der Waals surface area (Å²) in [5.74, 6) is -0.329. The third-order valence-corrected chi connectivity index (χ3v) is 5.89. The molecule has 31 heavy (non-hydrogen) atoms. The summed E-state index contributed by atoms with van der Waals surface area (Å²) in [5, 5.41) is 5.09. The fourth-order valence-electron chi connectivity index (χ4n) is 4.38. The van der Waals surface area contributed by atoms with Crippen LogP contribution in [0.15, 0.2) is 91.0 Å². The number of rotatable bonds is 5. The summed E-state index contributed by atoms with van der Waals surface area (Å²) < 4.78 is 0. The van der Waals surface area contributed by atoms with Crippen LogP contribution in [0.5, 0.6) is 0 Å². The molecule has 0 saturated heterocycles. The highest BCUT2D eigenvalue weighted by atomic mass is 16.2. The maximum atomic E-state index is 13.2. The molecule has 5 rings (SSSR count). The van der Waals surface area contributed by atoms with Crippen LogP contribution in [0.2, 0.25) is 0 Å². The summed E-state index contributed by atoms with van der Waals surface area (Å²) in [5.41, 5.74) is 4.59. The molecule has 1 heterocycles. The monoisotopic (exact) mass is 406 g/mol. The molecule has 0 bridgehead atoms. The van der Waals surface area contributed by atoms with Crippen molar-refractivity contribution in [2.75, 3.05) is 11.4 Å². The molecule has 4 heteroatoms. The van der Waals surface area contributed by atoms with Crippen molar-refractivity contribution < 1.29 is 9.59 Å². The summed E-state index contributed by atoms with van der Waals surface area (Å²) in [4.78, 5) is 27.8. The van der Waals surface area contributed by atoms with Crippen LogP contribution in [0.25, 0.3) is 10.8 Å². The summed E-state index contributed by atoms with van der Waals surface area (Å²) in [6, 6.07) is 29.2. The molecule has 4 nitrogen and oxygen atoms in total. The maximum absolute atomic E-state index is 13.2. The van der Waals surface area contributed by atoms with Crippen LogP contribution in [-0.2, 0) is 4.79 Å². The van der Waals surface area contributed by atoms with Gasteiger partial charge in [0.1, 0.15) is 6.54 Å². The topological polar surface area (TPSA) is 49.4 Å². The number of nitrogens with zero attached hydrogens (tertiary/aromatic N) is 1. The van der Waals surface area contributed by atoms with Crippen molar-refractivity contribution in [1.29, 1.82) is 0 Å². The normalized spacial score (nSPS) is 13.5. The van der Waals surface area contributed by atoms with Crippen LogP contribution >= 0.6 is 0 Å². The van der Waals surface area contributed by atoms with Gasteiger partial charge in [-0.25, -0.2) is 0 Å². The highest BCUT2D eigenvalue weighted by Crippen LogP contribution is 2.37. The Bertz CT molecular complexity index is 1290. The molecule has 1 N–H and O–H groups in total. The van der Waals surface area contributed by atoms with E-state index in [0.29, 0.717) is 5.56 Å². The second kappa shape index (κ2) is 7.73. The van der Waals surface area contributed by atoms with Gasteiger partial charge in [0, 0.05) is 10.9 Å². The number of hydrogen-bond donors (Lipinski definition) is 1. The van der Waals surface area contributed by atoms with Crippen LogP contribution in [0.4, 0.5) is 5.69 Å². The Morgan fingerprint density at radius 1 is 0.871 bits per heavy atom. The molecule has 4 aromatic rings. The number of hydrogen-bond acceptors (Lipinski definition) is 2. The Balaban J connectivity index is 1.45. The molecule has 4 aromatic carbocycles. The van der Waals surface area contributed by atoms with Crippen molar-refractivity contribution in [2.45, 2.75) is 13.0 Å². The minimum Gasteiger partial charge on any atom is -0.344 e. The van der Waals surface area contributed by atoms with E-state index in [2.05, 4.69) is 5.32 Å². The Hall–Kier alpha value is -3.92. The number of benzene rings is 4. The van der Waals surface area contributed by atoms with Gasteiger partial charge in [-0.15, -0.1) is 0 Å². The number of carbonyl (C=O) groups is 2. The zero-order valence-electron chi connectivity index (χ0n) is 17.2. The minimum absolute atomic E-state index is 0.0260. The Labute approximate surface area is 181 Å². The summed E-state index contributed by atoms with van der Waals surface area (Å²) >= 11 is 0. The second-order valence-corrected chi connectivity index (χ2v) is 7.84. The van der Waals surface area contributed by atoms with E-state index in [9.17, 15) is 9.59 Å². The van der Waals surface area contributed by atoms with Gasteiger partial charge in [0.25, 0.3) is 5.91 Å². The van der Waals surface area contributed by atoms with Crippen molar-refractivity contribution in [3.05, 3.63) is 113 Å². The fraction of sp³-hybridized carbons (Fsp3) is 0.111. The second-order valence-electron chi connectivity index (χ2n) is 7.84. The van der Waals surface area contributed by atoms with Crippen molar-refractivity contribution in [1.82, 2.24) is 5.32 Å². The third kappa shape index (κ3) is 3.36.